The zero-order valence-electron chi connectivity index (χ0n) is 18.2. The average molecular weight is 429 g/mol. The Balaban J connectivity index is 1.46. The van der Waals surface area contributed by atoms with Crippen molar-refractivity contribution in [3.8, 4) is 0 Å². The van der Waals surface area contributed by atoms with Gasteiger partial charge in [0.15, 0.2) is 5.13 Å². The molecule has 2 saturated heterocycles. The van der Waals surface area contributed by atoms with Crippen LogP contribution >= 0.6 is 11.3 Å². The lowest BCUT2D eigenvalue weighted by Crippen LogP contribution is -2.54. The summed E-state index contributed by atoms with van der Waals surface area (Å²) in [5.41, 5.74) is 0.687. The molecule has 1 atom stereocenters. The van der Waals surface area contributed by atoms with Crippen molar-refractivity contribution in [1.82, 2.24) is 25.2 Å². The van der Waals surface area contributed by atoms with E-state index < -0.39 is 0 Å². The van der Waals surface area contributed by atoms with Crippen LogP contribution in [0.1, 0.15) is 68.3 Å². The molecule has 4 heterocycles. The van der Waals surface area contributed by atoms with Gasteiger partial charge in [0, 0.05) is 41.8 Å². The number of hydrogen-bond donors (Lipinski definition) is 2. The third-order valence-corrected chi connectivity index (χ3v) is 6.98. The van der Waals surface area contributed by atoms with Crippen molar-refractivity contribution >= 4 is 28.2 Å². The molecule has 2 aliphatic rings. The summed E-state index contributed by atoms with van der Waals surface area (Å²) in [5, 5.41) is 7.61. The second-order valence-corrected chi connectivity index (χ2v) is 9.92. The summed E-state index contributed by atoms with van der Waals surface area (Å²) in [6.45, 7) is 8.75. The molecule has 162 valence electrons. The Hall–Kier alpha value is -2.06. The average Bonchev–Trinajstić information content (AvgIpc) is 3.36. The number of carbonyl (C=O) groups is 1. The van der Waals surface area contributed by atoms with Crippen LogP contribution < -0.4 is 10.6 Å². The van der Waals surface area contributed by atoms with Gasteiger partial charge in [0.1, 0.15) is 11.6 Å². The van der Waals surface area contributed by atoms with Crippen molar-refractivity contribution in [2.24, 2.45) is 0 Å². The van der Waals surface area contributed by atoms with Gasteiger partial charge in [-0.1, -0.05) is 13.3 Å². The molecule has 2 aliphatic heterocycles. The fourth-order valence-corrected chi connectivity index (χ4v) is 5.11. The van der Waals surface area contributed by atoms with Crippen molar-refractivity contribution < 1.29 is 4.79 Å². The van der Waals surface area contributed by atoms with Crippen molar-refractivity contribution in [2.45, 2.75) is 70.8 Å². The van der Waals surface area contributed by atoms with E-state index in [1.54, 1.807) is 11.3 Å². The van der Waals surface area contributed by atoms with Crippen LogP contribution in [0, 0.1) is 6.92 Å². The molecule has 4 rings (SSSR count). The number of nitrogens with zero attached hydrogens (tertiary/aromatic N) is 4. The smallest absolute Gasteiger partial charge is 0.242 e. The van der Waals surface area contributed by atoms with E-state index in [1.807, 2.05) is 31.0 Å². The Morgan fingerprint density at radius 2 is 2.17 bits per heavy atom. The van der Waals surface area contributed by atoms with Gasteiger partial charge in [0.05, 0.1) is 5.54 Å². The molecule has 1 amide bonds. The number of thiazole rings is 1. The lowest BCUT2D eigenvalue weighted by atomic mass is 9.92. The van der Waals surface area contributed by atoms with E-state index in [1.165, 1.54) is 4.88 Å². The molecule has 0 radical (unpaired) electrons. The van der Waals surface area contributed by atoms with Crippen LogP contribution in [0.5, 0.6) is 0 Å². The van der Waals surface area contributed by atoms with Crippen molar-refractivity contribution in [3.63, 3.8) is 0 Å². The van der Waals surface area contributed by atoms with E-state index in [2.05, 4.69) is 22.5 Å². The van der Waals surface area contributed by atoms with E-state index >= 15 is 0 Å². The highest BCUT2D eigenvalue weighted by molar-refractivity contribution is 7.15. The van der Waals surface area contributed by atoms with Gasteiger partial charge >= 0.3 is 0 Å². The Morgan fingerprint density at radius 3 is 2.80 bits per heavy atom. The Labute approximate surface area is 182 Å². The third kappa shape index (κ3) is 4.64. The van der Waals surface area contributed by atoms with Gasteiger partial charge in [-0.2, -0.15) is 0 Å². The highest BCUT2D eigenvalue weighted by Gasteiger charge is 2.40. The van der Waals surface area contributed by atoms with Gasteiger partial charge in [-0.25, -0.2) is 15.0 Å². The third-order valence-electron chi connectivity index (χ3n) is 6.15. The molecule has 8 heteroatoms. The topological polar surface area (TPSA) is 83.0 Å². The summed E-state index contributed by atoms with van der Waals surface area (Å²) in [6, 6.07) is 2.04. The lowest BCUT2D eigenvalue weighted by molar-refractivity contribution is -0.138. The summed E-state index contributed by atoms with van der Waals surface area (Å²) in [4.78, 5) is 30.3. The minimum Gasteiger partial charge on any atom is -0.341 e. The number of aryl methyl sites for hydroxylation is 2. The number of hydrogen-bond acceptors (Lipinski definition) is 7. The number of carbonyl (C=O) groups excluding carboxylic acids is 1. The van der Waals surface area contributed by atoms with E-state index in [4.69, 9.17) is 9.97 Å². The largest absolute Gasteiger partial charge is 0.341 e. The highest BCUT2D eigenvalue weighted by atomic mass is 32.1. The van der Waals surface area contributed by atoms with E-state index in [0.717, 1.165) is 80.6 Å². The fourth-order valence-electron chi connectivity index (χ4n) is 4.44. The number of piperidine rings is 1. The van der Waals surface area contributed by atoms with Gasteiger partial charge in [0.2, 0.25) is 5.91 Å². The number of rotatable bonds is 6. The monoisotopic (exact) mass is 428 g/mol. The summed E-state index contributed by atoms with van der Waals surface area (Å²) in [7, 11) is 0. The minimum absolute atomic E-state index is 0.251. The molecule has 0 aromatic carbocycles. The second-order valence-electron chi connectivity index (χ2n) is 8.68. The first-order valence-electron chi connectivity index (χ1n) is 11.1. The molecule has 0 aliphatic carbocycles. The second kappa shape index (κ2) is 8.98. The molecule has 0 saturated carbocycles. The summed E-state index contributed by atoms with van der Waals surface area (Å²) in [5.74, 6) is 2.25. The molecule has 0 spiro atoms. The maximum atomic E-state index is 13.0. The predicted molar refractivity (Wildman–Crippen MR) is 120 cm³/mol. The summed E-state index contributed by atoms with van der Waals surface area (Å²) >= 11 is 1.63. The Morgan fingerprint density at radius 1 is 1.37 bits per heavy atom. The number of amides is 1. The van der Waals surface area contributed by atoms with Gasteiger partial charge in [-0.05, 0) is 52.5 Å². The highest BCUT2D eigenvalue weighted by Crippen LogP contribution is 2.30. The van der Waals surface area contributed by atoms with Crippen molar-refractivity contribution in [2.75, 3.05) is 25.0 Å². The van der Waals surface area contributed by atoms with Crippen LogP contribution in [0.2, 0.25) is 0 Å². The first-order valence-corrected chi connectivity index (χ1v) is 11.9. The van der Waals surface area contributed by atoms with Crippen LogP contribution in [-0.4, -0.2) is 50.9 Å². The van der Waals surface area contributed by atoms with E-state index in [0.29, 0.717) is 0 Å². The molecule has 0 unspecified atom stereocenters. The summed E-state index contributed by atoms with van der Waals surface area (Å²) in [6.07, 6.45) is 7.67. The van der Waals surface area contributed by atoms with Gasteiger partial charge in [-0.3, -0.25) is 4.79 Å². The van der Waals surface area contributed by atoms with Crippen LogP contribution in [0.3, 0.4) is 0 Å². The van der Waals surface area contributed by atoms with Gasteiger partial charge in [0.25, 0.3) is 0 Å². The lowest BCUT2D eigenvalue weighted by Gasteiger charge is -2.36. The van der Waals surface area contributed by atoms with Crippen LogP contribution in [0.4, 0.5) is 10.9 Å². The standard InChI is InChI=1S/C22H32N6OS/c1-4-6-17-13-18(27-21-23-14-15(2)30-21)26-19(25-17)16-7-11-28(12-8-16)20(29)22(3)9-5-10-24-22/h13-14,16,24H,4-12H2,1-3H3,(H,23,25,26,27)/t22-/m1/s1. The van der Waals surface area contributed by atoms with Crippen LogP contribution in [-0.2, 0) is 11.2 Å². The molecule has 30 heavy (non-hydrogen) atoms. The Bertz CT molecular complexity index is 884. The minimum atomic E-state index is -0.382. The summed E-state index contributed by atoms with van der Waals surface area (Å²) < 4.78 is 0. The van der Waals surface area contributed by atoms with Crippen molar-refractivity contribution in [3.05, 3.63) is 28.7 Å². The molecule has 2 fully saturated rings. The van der Waals surface area contributed by atoms with E-state index in [9.17, 15) is 4.79 Å². The van der Waals surface area contributed by atoms with Crippen LogP contribution in [0.15, 0.2) is 12.3 Å². The fraction of sp³-hybridized carbons (Fsp3) is 0.636. The molecule has 2 aromatic heterocycles. The number of aromatic nitrogens is 3. The molecule has 2 aromatic rings. The molecule has 2 N–H and O–H groups in total. The molecular weight excluding hydrogens is 396 g/mol. The zero-order valence-corrected chi connectivity index (χ0v) is 19.0. The van der Waals surface area contributed by atoms with Crippen LogP contribution in [0.25, 0.3) is 0 Å². The van der Waals surface area contributed by atoms with E-state index in [-0.39, 0.29) is 17.4 Å². The zero-order chi connectivity index (χ0) is 21.1. The first-order chi connectivity index (χ1) is 14.5. The van der Waals surface area contributed by atoms with Gasteiger partial charge < -0.3 is 15.5 Å². The SMILES string of the molecule is CCCc1cc(Nc2ncc(C)s2)nc(C2CCN(C(=O)[C@@]3(C)CCCN3)CC2)n1. The maximum Gasteiger partial charge on any atom is 0.242 e. The number of nitrogens with one attached hydrogen (secondary N) is 2. The molecular formula is C22H32N6OS. The first kappa shape index (κ1) is 21.2. The number of anilines is 2. The maximum absolute atomic E-state index is 13.0. The molecule has 7 nitrogen and oxygen atoms in total. The normalized spacial score (nSPS) is 22.4. The Kier molecular flexibility index (Phi) is 6.34. The molecule has 0 bridgehead atoms. The van der Waals surface area contributed by atoms with Gasteiger partial charge in [-0.15, -0.1) is 11.3 Å². The number of likely N-dealkylation sites (tertiary alicyclic amines) is 1. The van der Waals surface area contributed by atoms with Crippen molar-refractivity contribution in [1.29, 1.82) is 0 Å². The quantitative estimate of drug-likeness (QED) is 0.728. The predicted octanol–water partition coefficient (Wildman–Crippen LogP) is 3.79.